The summed E-state index contributed by atoms with van der Waals surface area (Å²) in [4.78, 5) is 12.0. The molecule has 0 spiro atoms. The van der Waals surface area contributed by atoms with Crippen LogP contribution in [-0.4, -0.2) is 57.8 Å². The average Bonchev–Trinajstić information content (AvgIpc) is 3.12. The molecule has 1 aliphatic rings. The Balaban J connectivity index is 1.58. The Morgan fingerprint density at radius 3 is 2.79 bits per heavy atom. The molecule has 24 heavy (non-hydrogen) atoms. The van der Waals surface area contributed by atoms with Crippen molar-refractivity contribution in [3.8, 4) is 5.69 Å². The Labute approximate surface area is 143 Å². The number of benzene rings is 1. The molecule has 0 aliphatic carbocycles. The van der Waals surface area contributed by atoms with E-state index in [1.807, 2.05) is 31.2 Å². The number of amides is 1. The molecule has 1 aliphatic heterocycles. The number of sulfone groups is 1. The minimum absolute atomic E-state index is 0.0184. The highest BCUT2D eigenvalue weighted by Gasteiger charge is 2.28. The van der Waals surface area contributed by atoms with Crippen molar-refractivity contribution in [1.82, 2.24) is 25.5 Å². The van der Waals surface area contributed by atoms with Crippen LogP contribution in [0, 0.1) is 6.92 Å². The number of thioether (sulfide) groups is 1. The Kier molecular flexibility index (Phi) is 4.86. The number of aromatic nitrogens is 4. The van der Waals surface area contributed by atoms with Crippen LogP contribution in [0.5, 0.6) is 0 Å². The van der Waals surface area contributed by atoms with Gasteiger partial charge >= 0.3 is 0 Å². The molecule has 128 valence electrons. The number of carbonyl (C=O) groups is 1. The Bertz CT molecular complexity index is 832. The molecule has 1 amide bonds. The first-order chi connectivity index (χ1) is 11.4. The van der Waals surface area contributed by atoms with E-state index >= 15 is 0 Å². The second-order valence-electron chi connectivity index (χ2n) is 5.66. The van der Waals surface area contributed by atoms with Gasteiger partial charge in [0, 0.05) is 6.04 Å². The van der Waals surface area contributed by atoms with Gasteiger partial charge in [-0.1, -0.05) is 29.5 Å². The van der Waals surface area contributed by atoms with Gasteiger partial charge in [-0.25, -0.2) is 8.42 Å². The van der Waals surface area contributed by atoms with Gasteiger partial charge in [-0.2, -0.15) is 4.68 Å². The lowest BCUT2D eigenvalue weighted by Crippen LogP contribution is -2.36. The van der Waals surface area contributed by atoms with Crippen LogP contribution >= 0.6 is 11.8 Å². The molecule has 1 aromatic carbocycles. The lowest BCUT2D eigenvalue weighted by atomic mass is 10.2. The van der Waals surface area contributed by atoms with E-state index in [2.05, 4.69) is 20.8 Å². The van der Waals surface area contributed by atoms with E-state index in [0.29, 0.717) is 11.6 Å². The summed E-state index contributed by atoms with van der Waals surface area (Å²) in [6.45, 7) is 1.99. The van der Waals surface area contributed by atoms with Crippen molar-refractivity contribution in [3.63, 3.8) is 0 Å². The standard InChI is InChI=1S/C14H17N5O3S2/c1-10-2-4-12(5-3-10)19-14(16-17-18-19)23-8-13(20)15-11-6-7-24(21,22)9-11/h2-5,11H,6-9H2,1H3,(H,15,20)/t11-/m1/s1. The third-order valence-electron chi connectivity index (χ3n) is 3.65. The second-order valence-corrected chi connectivity index (χ2v) is 8.84. The molecule has 0 radical (unpaired) electrons. The minimum Gasteiger partial charge on any atom is -0.352 e. The SMILES string of the molecule is Cc1ccc(-n2nnnc2SCC(=O)N[C@@H]2CCS(=O)(=O)C2)cc1. The molecule has 1 fully saturated rings. The number of rotatable bonds is 5. The Hall–Kier alpha value is -1.94. The molecule has 3 rings (SSSR count). The van der Waals surface area contributed by atoms with Crippen LogP contribution in [0.15, 0.2) is 29.4 Å². The smallest absolute Gasteiger partial charge is 0.230 e. The summed E-state index contributed by atoms with van der Waals surface area (Å²) < 4.78 is 24.4. The summed E-state index contributed by atoms with van der Waals surface area (Å²) in [5.41, 5.74) is 1.95. The summed E-state index contributed by atoms with van der Waals surface area (Å²) in [6.07, 6.45) is 0.472. The first-order valence-electron chi connectivity index (χ1n) is 7.41. The lowest BCUT2D eigenvalue weighted by Gasteiger charge is -2.10. The van der Waals surface area contributed by atoms with Crippen LogP contribution < -0.4 is 5.32 Å². The molecule has 10 heteroatoms. The van der Waals surface area contributed by atoms with E-state index in [9.17, 15) is 13.2 Å². The highest BCUT2D eigenvalue weighted by atomic mass is 32.2. The van der Waals surface area contributed by atoms with Crippen LogP contribution in [0.25, 0.3) is 5.69 Å². The van der Waals surface area contributed by atoms with Gasteiger partial charge in [0.2, 0.25) is 11.1 Å². The fourth-order valence-corrected chi connectivity index (χ4v) is 4.80. The first-order valence-corrected chi connectivity index (χ1v) is 10.2. The molecule has 1 saturated heterocycles. The third kappa shape index (κ3) is 4.12. The fraction of sp³-hybridized carbons (Fsp3) is 0.429. The predicted molar refractivity (Wildman–Crippen MR) is 89.8 cm³/mol. The van der Waals surface area contributed by atoms with Crippen LogP contribution in [-0.2, 0) is 14.6 Å². The second kappa shape index (κ2) is 6.89. The predicted octanol–water partition coefficient (Wildman–Crippen LogP) is 0.366. The molecular weight excluding hydrogens is 350 g/mol. The quantitative estimate of drug-likeness (QED) is 0.761. The number of hydrogen-bond donors (Lipinski definition) is 1. The third-order valence-corrected chi connectivity index (χ3v) is 6.34. The minimum atomic E-state index is -3.00. The summed E-state index contributed by atoms with van der Waals surface area (Å²) in [5, 5.41) is 14.8. The monoisotopic (exact) mass is 367 g/mol. The molecule has 0 bridgehead atoms. The number of aryl methyl sites for hydroxylation is 1. The lowest BCUT2D eigenvalue weighted by molar-refractivity contribution is -0.119. The highest BCUT2D eigenvalue weighted by Crippen LogP contribution is 2.18. The zero-order valence-corrected chi connectivity index (χ0v) is 14.7. The van der Waals surface area contributed by atoms with Gasteiger partial charge < -0.3 is 5.32 Å². The van der Waals surface area contributed by atoms with Gasteiger partial charge in [-0.15, -0.1) is 5.10 Å². The average molecular weight is 367 g/mol. The molecule has 1 atom stereocenters. The van der Waals surface area contributed by atoms with Crippen molar-refractivity contribution in [1.29, 1.82) is 0 Å². The van der Waals surface area contributed by atoms with E-state index in [4.69, 9.17) is 0 Å². The van der Waals surface area contributed by atoms with Gasteiger partial charge in [-0.3, -0.25) is 4.79 Å². The summed E-state index contributed by atoms with van der Waals surface area (Å²) in [5.74, 6) is 0.0601. The van der Waals surface area contributed by atoms with Crippen LogP contribution in [0.4, 0.5) is 0 Å². The van der Waals surface area contributed by atoms with E-state index < -0.39 is 9.84 Å². The number of nitrogens with zero attached hydrogens (tertiary/aromatic N) is 4. The van der Waals surface area contributed by atoms with Crippen molar-refractivity contribution < 1.29 is 13.2 Å². The van der Waals surface area contributed by atoms with E-state index in [0.717, 1.165) is 11.3 Å². The Morgan fingerprint density at radius 2 is 2.12 bits per heavy atom. The highest BCUT2D eigenvalue weighted by molar-refractivity contribution is 7.99. The molecule has 0 unspecified atom stereocenters. The summed E-state index contributed by atoms with van der Waals surface area (Å²) in [7, 11) is -3.00. The van der Waals surface area contributed by atoms with Gasteiger partial charge in [0.15, 0.2) is 9.84 Å². The van der Waals surface area contributed by atoms with Gasteiger partial charge in [0.25, 0.3) is 0 Å². The van der Waals surface area contributed by atoms with Crippen molar-refractivity contribution in [2.24, 2.45) is 0 Å². The molecule has 0 saturated carbocycles. The van der Waals surface area contributed by atoms with Gasteiger partial charge in [0.05, 0.1) is 22.9 Å². The molecule has 8 nitrogen and oxygen atoms in total. The van der Waals surface area contributed by atoms with E-state index in [1.54, 1.807) is 4.68 Å². The molecule has 1 aromatic heterocycles. The fourth-order valence-electron chi connectivity index (χ4n) is 2.43. The summed E-state index contributed by atoms with van der Waals surface area (Å²) >= 11 is 1.21. The van der Waals surface area contributed by atoms with Crippen LogP contribution in [0.2, 0.25) is 0 Å². The number of tetrazole rings is 1. The zero-order chi connectivity index (χ0) is 17.2. The molecular formula is C14H17N5O3S2. The normalized spacial score (nSPS) is 19.3. The van der Waals surface area contributed by atoms with E-state index in [-0.39, 0.29) is 29.2 Å². The van der Waals surface area contributed by atoms with Crippen molar-refractivity contribution >= 4 is 27.5 Å². The molecule has 2 aromatic rings. The molecule has 1 N–H and O–H groups in total. The van der Waals surface area contributed by atoms with Gasteiger partial charge in [0.1, 0.15) is 0 Å². The topological polar surface area (TPSA) is 107 Å². The van der Waals surface area contributed by atoms with Crippen molar-refractivity contribution in [3.05, 3.63) is 29.8 Å². The van der Waals surface area contributed by atoms with Crippen LogP contribution in [0.3, 0.4) is 0 Å². The van der Waals surface area contributed by atoms with E-state index in [1.165, 1.54) is 11.8 Å². The maximum atomic E-state index is 12.0. The molecule has 2 heterocycles. The maximum Gasteiger partial charge on any atom is 0.230 e. The zero-order valence-electron chi connectivity index (χ0n) is 13.0. The van der Waals surface area contributed by atoms with Crippen molar-refractivity contribution in [2.75, 3.05) is 17.3 Å². The number of hydrogen-bond acceptors (Lipinski definition) is 7. The largest absolute Gasteiger partial charge is 0.352 e. The first kappa shape index (κ1) is 16.9. The number of nitrogens with one attached hydrogen (secondary N) is 1. The van der Waals surface area contributed by atoms with Crippen molar-refractivity contribution in [2.45, 2.75) is 24.5 Å². The van der Waals surface area contributed by atoms with Gasteiger partial charge in [-0.05, 0) is 35.9 Å². The number of carbonyl (C=O) groups excluding carboxylic acids is 1. The summed E-state index contributed by atoms with van der Waals surface area (Å²) in [6, 6.07) is 7.42. The Morgan fingerprint density at radius 1 is 1.38 bits per heavy atom. The maximum absolute atomic E-state index is 12.0. The van der Waals surface area contributed by atoms with Crippen LogP contribution in [0.1, 0.15) is 12.0 Å².